The summed E-state index contributed by atoms with van der Waals surface area (Å²) in [4.78, 5) is 19.4. The Morgan fingerprint density at radius 3 is 2.46 bits per heavy atom. The quantitative estimate of drug-likeness (QED) is 0.561. The van der Waals surface area contributed by atoms with Crippen LogP contribution in [0.1, 0.15) is 39.8 Å². The summed E-state index contributed by atoms with van der Waals surface area (Å²) in [6, 6.07) is 14.7. The van der Waals surface area contributed by atoms with Gasteiger partial charge in [-0.2, -0.15) is 0 Å². The maximum Gasteiger partial charge on any atom is 0.269 e. The van der Waals surface area contributed by atoms with Crippen molar-refractivity contribution < 1.29 is 17.9 Å². The minimum absolute atomic E-state index is 0.0520. The van der Waals surface area contributed by atoms with E-state index in [4.69, 9.17) is 4.74 Å². The molecule has 1 unspecified atom stereocenters. The summed E-state index contributed by atoms with van der Waals surface area (Å²) in [5.74, 6) is -0.602. The number of nitrogens with one attached hydrogen (secondary N) is 1. The van der Waals surface area contributed by atoms with Gasteiger partial charge in [-0.05, 0) is 73.6 Å². The highest BCUT2D eigenvalue weighted by Gasteiger charge is 2.33. The van der Waals surface area contributed by atoms with E-state index in [0.717, 1.165) is 22.3 Å². The maximum absolute atomic E-state index is 13.5. The van der Waals surface area contributed by atoms with Crippen LogP contribution in [0.25, 0.3) is 0 Å². The lowest BCUT2D eigenvalue weighted by Crippen LogP contribution is -2.47. The Labute approximate surface area is 207 Å². The molecule has 1 aromatic heterocycles. The zero-order valence-corrected chi connectivity index (χ0v) is 21.4. The zero-order chi connectivity index (χ0) is 25.2. The number of rotatable bonds is 6. The highest BCUT2D eigenvalue weighted by Crippen LogP contribution is 2.28. The van der Waals surface area contributed by atoms with E-state index in [1.807, 2.05) is 12.1 Å². The van der Waals surface area contributed by atoms with Crippen LogP contribution in [0.2, 0.25) is 0 Å². The average Bonchev–Trinajstić information content (AvgIpc) is 3.00. The fraction of sp³-hybridized carbons (Fsp3) is 0.333. The Bertz CT molecular complexity index is 1330. The van der Waals surface area contributed by atoms with Gasteiger partial charge in [0.2, 0.25) is 5.88 Å². The molecule has 1 atom stereocenters. The van der Waals surface area contributed by atoms with Crippen LogP contribution in [0.4, 0.5) is 0 Å². The molecule has 0 saturated carbocycles. The predicted molar refractivity (Wildman–Crippen MR) is 135 cm³/mol. The zero-order valence-electron chi connectivity index (χ0n) is 20.5. The van der Waals surface area contributed by atoms with Crippen molar-refractivity contribution in [2.75, 3.05) is 7.11 Å². The van der Waals surface area contributed by atoms with Crippen LogP contribution in [0.5, 0.6) is 5.88 Å². The van der Waals surface area contributed by atoms with E-state index in [-0.39, 0.29) is 10.8 Å². The molecule has 0 bridgehead atoms. The number of benzene rings is 2. The lowest BCUT2D eigenvalue weighted by atomic mass is 9.98. The number of aromatic nitrogens is 1. The van der Waals surface area contributed by atoms with Gasteiger partial charge in [0.1, 0.15) is 4.90 Å². The van der Waals surface area contributed by atoms with Gasteiger partial charge in [-0.25, -0.2) is 18.1 Å². The Kier molecular flexibility index (Phi) is 7.23. The van der Waals surface area contributed by atoms with Gasteiger partial charge in [-0.3, -0.25) is 9.69 Å². The molecule has 1 amide bonds. The third kappa shape index (κ3) is 5.39. The molecule has 1 N–H and O–H groups in total. The number of pyridine rings is 1. The molecule has 184 valence electrons. The molecule has 7 nitrogen and oxygen atoms in total. The normalized spacial score (nSPS) is 16.3. The summed E-state index contributed by atoms with van der Waals surface area (Å²) in [5, 5.41) is 0. The van der Waals surface area contributed by atoms with Crippen LogP contribution >= 0.6 is 0 Å². The first-order chi connectivity index (χ1) is 16.7. The molecular weight excluding hydrogens is 462 g/mol. The van der Waals surface area contributed by atoms with Crippen LogP contribution in [0.3, 0.4) is 0 Å². The van der Waals surface area contributed by atoms with Crippen LogP contribution < -0.4 is 9.46 Å². The SMILES string of the molecule is COc1ncccc1S(=O)(=O)NC(=O)C1CCc2ccccc2CN1Cc1c(C)cc(C)cc1C. The summed E-state index contributed by atoms with van der Waals surface area (Å²) in [5.41, 5.74) is 7.00. The van der Waals surface area contributed by atoms with Crippen molar-refractivity contribution in [2.24, 2.45) is 0 Å². The maximum atomic E-state index is 13.5. The van der Waals surface area contributed by atoms with E-state index in [2.05, 4.69) is 59.6 Å². The number of aryl methyl sites for hydroxylation is 4. The van der Waals surface area contributed by atoms with Crippen LogP contribution in [-0.2, 0) is 34.3 Å². The van der Waals surface area contributed by atoms with E-state index in [9.17, 15) is 13.2 Å². The third-order valence-electron chi connectivity index (χ3n) is 6.58. The summed E-state index contributed by atoms with van der Waals surface area (Å²) >= 11 is 0. The number of carbonyl (C=O) groups excluding carboxylic acids is 1. The average molecular weight is 494 g/mol. The van der Waals surface area contributed by atoms with Gasteiger partial charge in [0.15, 0.2) is 0 Å². The minimum Gasteiger partial charge on any atom is -0.480 e. The van der Waals surface area contributed by atoms with Gasteiger partial charge in [0.25, 0.3) is 15.9 Å². The summed E-state index contributed by atoms with van der Waals surface area (Å²) in [6.07, 6.45) is 2.63. The number of hydrogen-bond donors (Lipinski definition) is 1. The van der Waals surface area contributed by atoms with Crippen molar-refractivity contribution in [3.8, 4) is 5.88 Å². The molecule has 35 heavy (non-hydrogen) atoms. The van der Waals surface area contributed by atoms with E-state index < -0.39 is 22.0 Å². The molecule has 1 aliphatic rings. The van der Waals surface area contributed by atoms with Gasteiger partial charge in [0, 0.05) is 19.3 Å². The van der Waals surface area contributed by atoms with Crippen molar-refractivity contribution in [1.82, 2.24) is 14.6 Å². The number of ether oxygens (including phenoxy) is 1. The molecule has 0 aliphatic carbocycles. The van der Waals surface area contributed by atoms with Gasteiger partial charge in [-0.15, -0.1) is 0 Å². The molecule has 0 spiro atoms. The topological polar surface area (TPSA) is 88.6 Å². The summed E-state index contributed by atoms with van der Waals surface area (Å²) in [7, 11) is -2.82. The first-order valence-electron chi connectivity index (χ1n) is 11.6. The number of fused-ring (bicyclic) bond motifs is 1. The summed E-state index contributed by atoms with van der Waals surface area (Å²) in [6.45, 7) is 7.32. The molecule has 8 heteroatoms. The number of sulfonamides is 1. The van der Waals surface area contributed by atoms with Crippen LogP contribution in [0.15, 0.2) is 59.6 Å². The standard InChI is InChI=1S/C27H31N3O4S/c1-18-14-19(2)23(20(3)15-18)17-30-16-22-9-6-5-8-21(22)11-12-24(30)26(31)29-35(32,33)25-10-7-13-28-27(25)34-4/h5-10,13-15,24H,11-12,16-17H2,1-4H3,(H,29,31). The lowest BCUT2D eigenvalue weighted by molar-refractivity contribution is -0.125. The van der Waals surface area contributed by atoms with E-state index in [1.165, 1.54) is 36.6 Å². The van der Waals surface area contributed by atoms with Gasteiger partial charge in [0.05, 0.1) is 13.2 Å². The van der Waals surface area contributed by atoms with Crippen molar-refractivity contribution >= 4 is 15.9 Å². The first-order valence-corrected chi connectivity index (χ1v) is 13.1. The number of hydrogen-bond acceptors (Lipinski definition) is 6. The summed E-state index contributed by atoms with van der Waals surface area (Å²) < 4.78 is 33.6. The largest absolute Gasteiger partial charge is 0.480 e. The molecule has 1 aliphatic heterocycles. The number of amides is 1. The Balaban J connectivity index is 1.67. The molecule has 4 rings (SSSR count). The molecule has 0 fully saturated rings. The second-order valence-corrected chi connectivity index (χ2v) is 10.7. The Morgan fingerprint density at radius 2 is 1.77 bits per heavy atom. The Hall–Kier alpha value is -3.23. The number of nitrogens with zero attached hydrogens (tertiary/aromatic N) is 2. The number of methoxy groups -OCH3 is 1. The minimum atomic E-state index is -4.16. The van der Waals surface area contributed by atoms with E-state index in [1.54, 1.807) is 0 Å². The first kappa shape index (κ1) is 24.9. The van der Waals surface area contributed by atoms with Crippen LogP contribution in [-0.4, -0.2) is 37.4 Å². The molecule has 0 saturated heterocycles. The van der Waals surface area contributed by atoms with Gasteiger partial charge >= 0.3 is 0 Å². The molecule has 0 radical (unpaired) electrons. The predicted octanol–water partition coefficient (Wildman–Crippen LogP) is 3.84. The van der Waals surface area contributed by atoms with Gasteiger partial charge in [-0.1, -0.05) is 42.0 Å². The second kappa shape index (κ2) is 10.2. The second-order valence-electron chi connectivity index (χ2n) is 9.09. The fourth-order valence-corrected chi connectivity index (χ4v) is 6.01. The highest BCUT2D eigenvalue weighted by atomic mass is 32.2. The molecule has 3 aromatic rings. The van der Waals surface area contributed by atoms with E-state index >= 15 is 0 Å². The van der Waals surface area contributed by atoms with E-state index in [0.29, 0.717) is 25.9 Å². The van der Waals surface area contributed by atoms with Crippen molar-refractivity contribution in [3.05, 3.63) is 88.1 Å². The monoisotopic (exact) mass is 493 g/mol. The van der Waals surface area contributed by atoms with Crippen molar-refractivity contribution in [3.63, 3.8) is 0 Å². The van der Waals surface area contributed by atoms with Crippen molar-refractivity contribution in [2.45, 2.75) is 57.6 Å². The molecular formula is C27H31N3O4S. The van der Waals surface area contributed by atoms with Gasteiger partial charge < -0.3 is 4.74 Å². The lowest BCUT2D eigenvalue weighted by Gasteiger charge is -2.30. The third-order valence-corrected chi connectivity index (χ3v) is 7.94. The molecule has 2 aromatic carbocycles. The molecule has 2 heterocycles. The fourth-order valence-electron chi connectivity index (χ4n) is 4.87. The highest BCUT2D eigenvalue weighted by molar-refractivity contribution is 7.90. The Morgan fingerprint density at radius 1 is 1.09 bits per heavy atom. The smallest absolute Gasteiger partial charge is 0.269 e. The van der Waals surface area contributed by atoms with Crippen molar-refractivity contribution in [1.29, 1.82) is 0 Å². The number of carbonyl (C=O) groups is 1. The van der Waals surface area contributed by atoms with Crippen LogP contribution in [0, 0.1) is 20.8 Å².